The summed E-state index contributed by atoms with van der Waals surface area (Å²) in [5, 5.41) is 13.0. The Morgan fingerprint density at radius 2 is 1.94 bits per heavy atom. The van der Waals surface area contributed by atoms with Crippen molar-refractivity contribution in [3.05, 3.63) is 23.8 Å². The molecule has 1 heterocycles. The first-order chi connectivity index (χ1) is 15.7. The van der Waals surface area contributed by atoms with Gasteiger partial charge in [0, 0.05) is 39.6 Å². The standard InChI is InChI=1S/C25H40N4O4/c1-17-14-29(18(2)16-30)24(31)20-12-9-13-21(27(3)4)23(20)33-22(17)15-28(5)25(32)26-19-10-7-6-8-11-19/h9,12-13,17-19,22,30H,6-8,10-11,14-16H2,1-5H3,(H,26,32)/t17-,18-,22-/m1/s1. The minimum absolute atomic E-state index is 0.0451. The molecule has 1 saturated carbocycles. The number of nitrogens with one attached hydrogen (secondary N) is 1. The van der Waals surface area contributed by atoms with Crippen LogP contribution in [0.2, 0.25) is 0 Å². The number of aliphatic hydroxyl groups is 1. The van der Waals surface area contributed by atoms with E-state index in [1.807, 2.05) is 45.0 Å². The third-order valence-corrected chi connectivity index (χ3v) is 6.89. The molecule has 3 rings (SSSR count). The number of para-hydroxylation sites is 1. The minimum Gasteiger partial charge on any atom is -0.485 e. The number of hydrogen-bond donors (Lipinski definition) is 2. The lowest BCUT2D eigenvalue weighted by molar-refractivity contribution is 0.0367. The second kappa shape index (κ2) is 11.1. The summed E-state index contributed by atoms with van der Waals surface area (Å²) in [6, 6.07) is 5.38. The topological polar surface area (TPSA) is 85.4 Å². The molecule has 1 aromatic rings. The monoisotopic (exact) mass is 460 g/mol. The Hall–Kier alpha value is -2.48. The normalized spacial score (nSPS) is 22.5. The lowest BCUT2D eigenvalue weighted by Crippen LogP contribution is -2.52. The number of anilines is 1. The van der Waals surface area contributed by atoms with Gasteiger partial charge in [-0.15, -0.1) is 0 Å². The van der Waals surface area contributed by atoms with Crippen molar-refractivity contribution in [1.82, 2.24) is 15.1 Å². The first-order valence-corrected chi connectivity index (χ1v) is 12.1. The van der Waals surface area contributed by atoms with Crippen molar-refractivity contribution in [1.29, 1.82) is 0 Å². The molecule has 184 valence electrons. The molecule has 8 nitrogen and oxygen atoms in total. The van der Waals surface area contributed by atoms with E-state index in [1.54, 1.807) is 22.9 Å². The zero-order valence-electron chi connectivity index (χ0n) is 20.7. The largest absolute Gasteiger partial charge is 0.485 e. The molecule has 0 saturated heterocycles. The van der Waals surface area contributed by atoms with Gasteiger partial charge in [-0.3, -0.25) is 4.79 Å². The van der Waals surface area contributed by atoms with Gasteiger partial charge in [0.25, 0.3) is 5.91 Å². The molecule has 2 N–H and O–H groups in total. The van der Waals surface area contributed by atoms with E-state index in [-0.39, 0.29) is 42.7 Å². The second-order valence-corrected chi connectivity index (χ2v) is 9.84. The number of nitrogens with zero attached hydrogens (tertiary/aromatic N) is 3. The Morgan fingerprint density at radius 1 is 1.24 bits per heavy atom. The van der Waals surface area contributed by atoms with Crippen LogP contribution in [0.3, 0.4) is 0 Å². The van der Waals surface area contributed by atoms with E-state index in [1.165, 1.54) is 6.42 Å². The zero-order valence-corrected chi connectivity index (χ0v) is 20.7. The molecule has 1 aliphatic heterocycles. The molecule has 33 heavy (non-hydrogen) atoms. The molecule has 0 bridgehead atoms. The number of fused-ring (bicyclic) bond motifs is 1. The summed E-state index contributed by atoms with van der Waals surface area (Å²) in [5.74, 6) is 0.334. The molecular formula is C25H40N4O4. The maximum absolute atomic E-state index is 13.4. The van der Waals surface area contributed by atoms with Gasteiger partial charge in [-0.25, -0.2) is 4.79 Å². The average molecular weight is 461 g/mol. The van der Waals surface area contributed by atoms with Gasteiger partial charge in [0.2, 0.25) is 0 Å². The Balaban J connectivity index is 1.86. The molecule has 1 fully saturated rings. The summed E-state index contributed by atoms with van der Waals surface area (Å²) >= 11 is 0. The van der Waals surface area contributed by atoms with E-state index in [0.717, 1.165) is 31.4 Å². The molecule has 1 aliphatic carbocycles. The van der Waals surface area contributed by atoms with Gasteiger partial charge in [-0.2, -0.15) is 0 Å². The number of ether oxygens (including phenoxy) is 1. The highest BCUT2D eigenvalue weighted by Gasteiger charge is 2.35. The average Bonchev–Trinajstić information content (AvgIpc) is 2.80. The minimum atomic E-state index is -0.318. The van der Waals surface area contributed by atoms with E-state index in [4.69, 9.17) is 4.74 Å². The number of rotatable bonds is 6. The lowest BCUT2D eigenvalue weighted by atomic mass is 9.96. The third-order valence-electron chi connectivity index (χ3n) is 6.89. The third kappa shape index (κ3) is 5.91. The van der Waals surface area contributed by atoms with Crippen LogP contribution in [0.4, 0.5) is 10.5 Å². The van der Waals surface area contributed by atoms with Crippen molar-refractivity contribution in [3.63, 3.8) is 0 Å². The molecule has 3 amide bonds. The summed E-state index contributed by atoms with van der Waals surface area (Å²) in [5.41, 5.74) is 1.29. The number of hydrogen-bond acceptors (Lipinski definition) is 5. The molecule has 0 spiro atoms. The van der Waals surface area contributed by atoms with Crippen LogP contribution in [-0.2, 0) is 0 Å². The van der Waals surface area contributed by atoms with Crippen LogP contribution in [-0.4, -0.2) is 85.9 Å². The lowest BCUT2D eigenvalue weighted by Gasteiger charge is -2.39. The SMILES string of the molecule is C[C@@H]1CN([C@H](C)CO)C(=O)c2cccc(N(C)C)c2O[C@@H]1CN(C)C(=O)NC1CCCCC1. The quantitative estimate of drug-likeness (QED) is 0.682. The van der Waals surface area contributed by atoms with Crippen LogP contribution < -0.4 is 15.0 Å². The smallest absolute Gasteiger partial charge is 0.317 e. The van der Waals surface area contributed by atoms with Gasteiger partial charge in [-0.1, -0.05) is 32.3 Å². The number of benzene rings is 1. The van der Waals surface area contributed by atoms with Crippen molar-refractivity contribution < 1.29 is 19.4 Å². The van der Waals surface area contributed by atoms with Gasteiger partial charge < -0.3 is 29.9 Å². The fraction of sp³-hybridized carbons (Fsp3) is 0.680. The van der Waals surface area contributed by atoms with Crippen LogP contribution in [0.15, 0.2) is 18.2 Å². The van der Waals surface area contributed by atoms with Crippen molar-refractivity contribution in [2.45, 2.75) is 64.1 Å². The number of likely N-dealkylation sites (N-methyl/N-ethyl adjacent to an activating group) is 1. The first kappa shape index (κ1) is 25.1. The summed E-state index contributed by atoms with van der Waals surface area (Å²) < 4.78 is 6.51. The molecule has 1 aromatic carbocycles. The van der Waals surface area contributed by atoms with Crippen molar-refractivity contribution >= 4 is 17.6 Å². The number of urea groups is 1. The Kier molecular flexibility index (Phi) is 8.46. The van der Waals surface area contributed by atoms with Gasteiger partial charge in [0.05, 0.1) is 30.4 Å². The summed E-state index contributed by atoms with van der Waals surface area (Å²) in [6.45, 7) is 4.61. The summed E-state index contributed by atoms with van der Waals surface area (Å²) in [7, 11) is 5.63. The number of amides is 3. The van der Waals surface area contributed by atoms with E-state index in [0.29, 0.717) is 24.4 Å². The predicted octanol–water partition coefficient (Wildman–Crippen LogP) is 2.95. The highest BCUT2D eigenvalue weighted by Crippen LogP contribution is 2.36. The van der Waals surface area contributed by atoms with Crippen LogP contribution in [0.1, 0.15) is 56.3 Å². The number of aliphatic hydroxyl groups excluding tert-OH is 1. The summed E-state index contributed by atoms with van der Waals surface area (Å²) in [4.78, 5) is 31.6. The maximum atomic E-state index is 13.4. The van der Waals surface area contributed by atoms with E-state index < -0.39 is 0 Å². The van der Waals surface area contributed by atoms with E-state index in [9.17, 15) is 14.7 Å². The molecule has 8 heteroatoms. The predicted molar refractivity (Wildman–Crippen MR) is 130 cm³/mol. The van der Waals surface area contributed by atoms with Crippen LogP contribution in [0.25, 0.3) is 0 Å². The maximum Gasteiger partial charge on any atom is 0.317 e. The van der Waals surface area contributed by atoms with Crippen LogP contribution in [0, 0.1) is 5.92 Å². The highest BCUT2D eigenvalue weighted by atomic mass is 16.5. The molecule has 0 aromatic heterocycles. The fourth-order valence-electron chi connectivity index (χ4n) is 4.68. The van der Waals surface area contributed by atoms with Gasteiger partial charge in [-0.05, 0) is 31.9 Å². The Morgan fingerprint density at radius 3 is 2.58 bits per heavy atom. The van der Waals surface area contributed by atoms with Gasteiger partial charge >= 0.3 is 6.03 Å². The molecular weight excluding hydrogens is 420 g/mol. The second-order valence-electron chi connectivity index (χ2n) is 9.84. The highest BCUT2D eigenvalue weighted by molar-refractivity contribution is 5.99. The van der Waals surface area contributed by atoms with Crippen LogP contribution >= 0.6 is 0 Å². The van der Waals surface area contributed by atoms with Crippen molar-refractivity contribution in [2.75, 3.05) is 45.7 Å². The molecule has 0 radical (unpaired) electrons. The van der Waals surface area contributed by atoms with Crippen molar-refractivity contribution in [3.8, 4) is 5.75 Å². The number of carbonyl (C=O) groups is 2. The van der Waals surface area contributed by atoms with Crippen molar-refractivity contribution in [2.24, 2.45) is 5.92 Å². The van der Waals surface area contributed by atoms with E-state index >= 15 is 0 Å². The Labute approximate surface area is 197 Å². The number of carbonyl (C=O) groups excluding carboxylic acids is 2. The van der Waals surface area contributed by atoms with Gasteiger partial charge in [0.1, 0.15) is 6.10 Å². The summed E-state index contributed by atoms with van der Waals surface area (Å²) in [6.07, 6.45) is 5.32. The Bertz CT molecular complexity index is 825. The fourth-order valence-corrected chi connectivity index (χ4v) is 4.68. The molecule has 0 unspecified atom stereocenters. The first-order valence-electron chi connectivity index (χ1n) is 12.1. The van der Waals surface area contributed by atoms with Crippen LogP contribution in [0.5, 0.6) is 5.75 Å². The van der Waals surface area contributed by atoms with E-state index in [2.05, 4.69) is 5.32 Å². The molecule has 2 aliphatic rings. The zero-order chi connectivity index (χ0) is 24.1. The molecule has 3 atom stereocenters. The van der Waals surface area contributed by atoms with Gasteiger partial charge in [0.15, 0.2) is 5.75 Å².